The second-order valence-corrected chi connectivity index (χ2v) is 7.39. The number of nitrogens with zero attached hydrogens (tertiary/aromatic N) is 2. The predicted octanol–water partition coefficient (Wildman–Crippen LogP) is 2.10. The second kappa shape index (κ2) is 6.61. The van der Waals surface area contributed by atoms with Crippen molar-refractivity contribution in [2.24, 2.45) is 0 Å². The SMILES string of the molecule is N#Cc1ccc(S(=O)(=O)CCSc2ncccc2N)cc1. The lowest BCUT2D eigenvalue weighted by molar-refractivity contribution is 0.597. The molecule has 2 aromatic rings. The number of anilines is 1. The molecule has 0 aliphatic heterocycles. The van der Waals surface area contributed by atoms with Crippen LogP contribution >= 0.6 is 11.8 Å². The van der Waals surface area contributed by atoms with Crippen molar-refractivity contribution in [2.45, 2.75) is 9.92 Å². The Kier molecular flexibility index (Phi) is 4.83. The molecule has 21 heavy (non-hydrogen) atoms. The second-order valence-electron chi connectivity index (χ2n) is 4.20. The van der Waals surface area contributed by atoms with Gasteiger partial charge in [0.05, 0.1) is 28.0 Å². The molecule has 108 valence electrons. The van der Waals surface area contributed by atoms with Crippen LogP contribution in [0.25, 0.3) is 0 Å². The van der Waals surface area contributed by atoms with E-state index in [0.29, 0.717) is 22.0 Å². The number of rotatable bonds is 5. The van der Waals surface area contributed by atoms with Gasteiger partial charge in [-0.2, -0.15) is 5.26 Å². The molecular weight excluding hydrogens is 306 g/mol. The number of hydrogen-bond donors (Lipinski definition) is 1. The van der Waals surface area contributed by atoms with Gasteiger partial charge in [-0.1, -0.05) is 0 Å². The first kappa shape index (κ1) is 15.4. The van der Waals surface area contributed by atoms with Crippen LogP contribution in [0.15, 0.2) is 52.5 Å². The molecule has 1 aromatic carbocycles. The van der Waals surface area contributed by atoms with Crippen molar-refractivity contribution in [1.82, 2.24) is 4.98 Å². The molecule has 2 rings (SSSR count). The van der Waals surface area contributed by atoms with Gasteiger partial charge in [0.15, 0.2) is 9.84 Å². The van der Waals surface area contributed by atoms with Gasteiger partial charge in [-0.25, -0.2) is 13.4 Å². The molecule has 0 saturated carbocycles. The highest BCUT2D eigenvalue weighted by atomic mass is 32.2. The zero-order valence-electron chi connectivity index (χ0n) is 11.1. The topological polar surface area (TPSA) is 96.8 Å². The number of nitriles is 1. The maximum Gasteiger partial charge on any atom is 0.179 e. The quantitative estimate of drug-likeness (QED) is 0.848. The predicted molar refractivity (Wildman–Crippen MR) is 82.6 cm³/mol. The minimum Gasteiger partial charge on any atom is -0.397 e. The molecule has 0 amide bonds. The summed E-state index contributed by atoms with van der Waals surface area (Å²) in [7, 11) is -3.37. The van der Waals surface area contributed by atoms with Crippen LogP contribution in [-0.2, 0) is 9.84 Å². The Morgan fingerprint density at radius 3 is 2.57 bits per heavy atom. The monoisotopic (exact) mass is 319 g/mol. The Morgan fingerprint density at radius 2 is 1.95 bits per heavy atom. The first-order valence-electron chi connectivity index (χ1n) is 6.09. The Morgan fingerprint density at radius 1 is 1.24 bits per heavy atom. The third kappa shape index (κ3) is 3.97. The third-order valence-electron chi connectivity index (χ3n) is 2.73. The Labute approximate surface area is 127 Å². The molecule has 0 spiro atoms. The number of benzene rings is 1. The van der Waals surface area contributed by atoms with Crippen LogP contribution in [0.3, 0.4) is 0 Å². The summed E-state index contributed by atoms with van der Waals surface area (Å²) in [6.45, 7) is 0. The van der Waals surface area contributed by atoms with E-state index in [0.717, 1.165) is 0 Å². The van der Waals surface area contributed by atoms with Gasteiger partial charge in [-0.15, -0.1) is 11.8 Å². The number of hydrogen-bond acceptors (Lipinski definition) is 6. The van der Waals surface area contributed by atoms with Gasteiger partial charge < -0.3 is 5.73 Å². The van der Waals surface area contributed by atoms with E-state index in [4.69, 9.17) is 11.0 Å². The number of aromatic nitrogens is 1. The fourth-order valence-corrected chi connectivity index (χ4v) is 4.19. The fraction of sp³-hybridized carbons (Fsp3) is 0.143. The van der Waals surface area contributed by atoms with Crippen LogP contribution in [0.2, 0.25) is 0 Å². The van der Waals surface area contributed by atoms with Crippen molar-refractivity contribution >= 4 is 27.3 Å². The largest absolute Gasteiger partial charge is 0.397 e. The highest BCUT2D eigenvalue weighted by Gasteiger charge is 2.14. The zero-order valence-corrected chi connectivity index (χ0v) is 12.7. The minimum atomic E-state index is -3.37. The van der Waals surface area contributed by atoms with Crippen LogP contribution < -0.4 is 5.73 Å². The van der Waals surface area contributed by atoms with Gasteiger partial charge in [-0.05, 0) is 36.4 Å². The average Bonchev–Trinajstić information content (AvgIpc) is 2.49. The molecule has 7 heteroatoms. The molecule has 0 radical (unpaired) electrons. The number of pyridine rings is 1. The van der Waals surface area contributed by atoms with E-state index >= 15 is 0 Å². The molecule has 1 aromatic heterocycles. The van der Waals surface area contributed by atoms with E-state index in [9.17, 15) is 8.42 Å². The highest BCUT2D eigenvalue weighted by molar-refractivity contribution is 8.00. The van der Waals surface area contributed by atoms with Gasteiger partial charge in [0.2, 0.25) is 0 Å². The summed E-state index contributed by atoms with van der Waals surface area (Å²) in [4.78, 5) is 4.32. The number of nitrogens with two attached hydrogens (primary N) is 1. The summed E-state index contributed by atoms with van der Waals surface area (Å²) in [5.41, 5.74) is 6.72. The van der Waals surface area contributed by atoms with E-state index in [-0.39, 0.29) is 10.6 Å². The van der Waals surface area contributed by atoms with E-state index in [1.165, 1.54) is 36.0 Å². The lowest BCUT2D eigenvalue weighted by Crippen LogP contribution is -2.09. The smallest absolute Gasteiger partial charge is 0.179 e. The third-order valence-corrected chi connectivity index (χ3v) is 5.75. The van der Waals surface area contributed by atoms with Crippen LogP contribution in [0.4, 0.5) is 5.69 Å². The maximum absolute atomic E-state index is 12.2. The fourth-order valence-electron chi connectivity index (χ4n) is 1.63. The molecule has 0 aliphatic carbocycles. The van der Waals surface area contributed by atoms with E-state index in [1.807, 2.05) is 6.07 Å². The van der Waals surface area contributed by atoms with Gasteiger partial charge in [0.25, 0.3) is 0 Å². The van der Waals surface area contributed by atoms with Gasteiger partial charge in [0.1, 0.15) is 5.03 Å². The van der Waals surface area contributed by atoms with Crippen molar-refractivity contribution in [2.75, 3.05) is 17.2 Å². The maximum atomic E-state index is 12.2. The summed E-state index contributed by atoms with van der Waals surface area (Å²) in [5.74, 6) is 0.350. The summed E-state index contributed by atoms with van der Waals surface area (Å²) in [6.07, 6.45) is 1.62. The zero-order chi connectivity index (χ0) is 15.3. The molecular formula is C14H13N3O2S2. The van der Waals surface area contributed by atoms with Gasteiger partial charge in [0, 0.05) is 11.9 Å². The normalized spacial score (nSPS) is 11.0. The molecule has 0 fully saturated rings. The molecule has 0 unspecified atom stereocenters. The molecule has 5 nitrogen and oxygen atoms in total. The first-order chi connectivity index (χ1) is 10.0. The molecule has 1 heterocycles. The Hall–Kier alpha value is -2.04. The number of nitrogen functional groups attached to an aromatic ring is 1. The van der Waals surface area contributed by atoms with Crippen LogP contribution in [0.1, 0.15) is 5.56 Å². The van der Waals surface area contributed by atoms with Crippen LogP contribution in [-0.4, -0.2) is 24.9 Å². The first-order valence-corrected chi connectivity index (χ1v) is 8.73. The standard InChI is InChI=1S/C14H13N3O2S2/c15-10-11-3-5-12(6-4-11)21(18,19)9-8-20-14-13(16)2-1-7-17-14/h1-7H,8-9,16H2. The molecule has 0 bridgehead atoms. The van der Waals surface area contributed by atoms with Crippen molar-refractivity contribution < 1.29 is 8.42 Å². The highest BCUT2D eigenvalue weighted by Crippen LogP contribution is 2.22. The van der Waals surface area contributed by atoms with E-state index in [2.05, 4.69) is 4.98 Å². The average molecular weight is 319 g/mol. The minimum absolute atomic E-state index is 0.0143. The number of sulfone groups is 1. The summed E-state index contributed by atoms with van der Waals surface area (Å²) in [5, 5.41) is 9.34. The van der Waals surface area contributed by atoms with E-state index in [1.54, 1.807) is 18.3 Å². The lowest BCUT2D eigenvalue weighted by atomic mass is 10.2. The van der Waals surface area contributed by atoms with Gasteiger partial charge >= 0.3 is 0 Å². The summed E-state index contributed by atoms with van der Waals surface area (Å²) >= 11 is 1.31. The number of thioether (sulfide) groups is 1. The van der Waals surface area contributed by atoms with Crippen molar-refractivity contribution in [3.05, 3.63) is 48.2 Å². The molecule has 0 saturated heterocycles. The van der Waals surface area contributed by atoms with Crippen molar-refractivity contribution in [1.29, 1.82) is 5.26 Å². The Balaban J connectivity index is 2.01. The molecule has 2 N–H and O–H groups in total. The van der Waals surface area contributed by atoms with Crippen LogP contribution in [0.5, 0.6) is 0 Å². The summed E-state index contributed by atoms with van der Waals surface area (Å²) in [6, 6.07) is 11.3. The lowest BCUT2D eigenvalue weighted by Gasteiger charge is -2.05. The van der Waals surface area contributed by atoms with Crippen LogP contribution in [0, 0.1) is 11.3 Å². The Bertz CT molecular complexity index is 766. The molecule has 0 aliphatic rings. The molecule has 0 atom stereocenters. The van der Waals surface area contributed by atoms with E-state index < -0.39 is 9.84 Å². The van der Waals surface area contributed by atoms with Crippen molar-refractivity contribution in [3.8, 4) is 6.07 Å². The summed E-state index contributed by atoms with van der Waals surface area (Å²) < 4.78 is 24.3. The van der Waals surface area contributed by atoms with Crippen molar-refractivity contribution in [3.63, 3.8) is 0 Å². The van der Waals surface area contributed by atoms with Gasteiger partial charge in [-0.3, -0.25) is 0 Å².